The molecule has 0 unspecified atom stereocenters. The van der Waals surface area contributed by atoms with E-state index in [-0.39, 0.29) is 11.7 Å². The van der Waals surface area contributed by atoms with Gasteiger partial charge in [-0.3, -0.25) is 9.89 Å². The number of hydrogen-bond donors (Lipinski definition) is 1. The van der Waals surface area contributed by atoms with E-state index in [1.165, 1.54) is 12.1 Å². The van der Waals surface area contributed by atoms with E-state index in [4.69, 9.17) is 4.74 Å². The highest BCUT2D eigenvalue weighted by atomic mass is 19.1. The Kier molecular flexibility index (Phi) is 5.71. The van der Waals surface area contributed by atoms with Gasteiger partial charge in [0.25, 0.3) is 5.91 Å². The first kappa shape index (κ1) is 20.6. The van der Waals surface area contributed by atoms with Crippen LogP contribution in [0.3, 0.4) is 0 Å². The number of rotatable bonds is 6. The fourth-order valence-electron chi connectivity index (χ4n) is 3.73. The minimum absolute atomic E-state index is 0.123. The van der Waals surface area contributed by atoms with E-state index in [1.807, 2.05) is 38.1 Å². The normalized spacial score (nSPS) is 11.0. The zero-order valence-corrected chi connectivity index (χ0v) is 17.8. The third-order valence-electron chi connectivity index (χ3n) is 5.37. The average molecular weight is 417 g/mol. The Bertz CT molecular complexity index is 1250. The summed E-state index contributed by atoms with van der Waals surface area (Å²) in [6.45, 7) is 4.79. The maximum atomic E-state index is 13.7. The fourth-order valence-corrected chi connectivity index (χ4v) is 3.73. The molecule has 0 aliphatic rings. The Balaban J connectivity index is 1.64. The number of hydrogen-bond acceptors (Lipinski definition) is 3. The van der Waals surface area contributed by atoms with E-state index in [9.17, 15) is 9.18 Å². The number of carbonyl (C=O) groups is 1. The first-order valence-electron chi connectivity index (χ1n) is 10.2. The number of aromatic nitrogens is 2. The van der Waals surface area contributed by atoms with Gasteiger partial charge in [-0.25, -0.2) is 4.39 Å². The van der Waals surface area contributed by atoms with E-state index in [2.05, 4.69) is 10.2 Å². The summed E-state index contributed by atoms with van der Waals surface area (Å²) in [7, 11) is 1.78. The maximum absolute atomic E-state index is 13.7. The van der Waals surface area contributed by atoms with Crippen LogP contribution in [0.4, 0.5) is 4.39 Å². The minimum atomic E-state index is -0.316. The molecule has 0 radical (unpaired) electrons. The van der Waals surface area contributed by atoms with Crippen LogP contribution < -0.4 is 4.74 Å². The molecule has 0 saturated heterocycles. The predicted molar refractivity (Wildman–Crippen MR) is 120 cm³/mol. The van der Waals surface area contributed by atoms with Gasteiger partial charge in [-0.2, -0.15) is 5.10 Å². The monoisotopic (exact) mass is 417 g/mol. The lowest BCUT2D eigenvalue weighted by molar-refractivity contribution is 0.0785. The van der Waals surface area contributed by atoms with Gasteiger partial charge in [-0.1, -0.05) is 24.3 Å². The molecule has 4 aromatic rings. The van der Waals surface area contributed by atoms with Crippen molar-refractivity contribution in [2.24, 2.45) is 0 Å². The standard InChI is InChI=1S/C25H24FN3O2/c1-4-31-23-13-18(10-11-21(23)17-6-5-7-20(26)12-17)25(30)29(3)15-22-16(2)8-9-19-14-27-28-24(19)22/h5-14H,4,15H2,1-3H3,(H,27,28). The smallest absolute Gasteiger partial charge is 0.254 e. The molecule has 4 rings (SSSR count). The van der Waals surface area contributed by atoms with E-state index < -0.39 is 0 Å². The SMILES string of the molecule is CCOc1cc(C(=O)N(C)Cc2c(C)ccc3cn[nH]c23)ccc1-c1cccc(F)c1. The van der Waals surface area contributed by atoms with Crippen LogP contribution in [0.5, 0.6) is 5.75 Å². The molecule has 6 heteroatoms. The van der Waals surface area contributed by atoms with Gasteiger partial charge in [-0.15, -0.1) is 0 Å². The molecule has 3 aromatic carbocycles. The first-order valence-corrected chi connectivity index (χ1v) is 10.2. The molecule has 0 saturated carbocycles. The number of ether oxygens (including phenoxy) is 1. The van der Waals surface area contributed by atoms with Crippen LogP contribution in [0.1, 0.15) is 28.4 Å². The number of aromatic amines is 1. The second-order valence-corrected chi connectivity index (χ2v) is 7.51. The molecule has 5 nitrogen and oxygen atoms in total. The van der Waals surface area contributed by atoms with E-state index in [0.29, 0.717) is 30.0 Å². The molecular weight excluding hydrogens is 393 g/mol. The fraction of sp³-hybridized carbons (Fsp3) is 0.200. The van der Waals surface area contributed by atoms with Crippen LogP contribution in [-0.4, -0.2) is 34.7 Å². The minimum Gasteiger partial charge on any atom is -0.493 e. The topological polar surface area (TPSA) is 58.2 Å². The summed E-state index contributed by atoms with van der Waals surface area (Å²) in [6, 6.07) is 15.7. The molecule has 0 bridgehead atoms. The highest BCUT2D eigenvalue weighted by molar-refractivity contribution is 5.96. The second-order valence-electron chi connectivity index (χ2n) is 7.51. The summed E-state index contributed by atoms with van der Waals surface area (Å²) in [5.74, 6) is 0.116. The summed E-state index contributed by atoms with van der Waals surface area (Å²) in [4.78, 5) is 14.9. The van der Waals surface area contributed by atoms with Crippen LogP contribution in [0.25, 0.3) is 22.0 Å². The zero-order valence-electron chi connectivity index (χ0n) is 17.8. The van der Waals surface area contributed by atoms with Gasteiger partial charge in [-0.05, 0) is 55.3 Å². The number of nitrogens with one attached hydrogen (secondary N) is 1. The largest absolute Gasteiger partial charge is 0.493 e. The number of amides is 1. The first-order chi connectivity index (χ1) is 15.0. The van der Waals surface area contributed by atoms with Crippen LogP contribution in [0.15, 0.2) is 60.8 Å². The van der Waals surface area contributed by atoms with Crippen molar-refractivity contribution >= 4 is 16.8 Å². The van der Waals surface area contributed by atoms with Crippen molar-refractivity contribution in [2.75, 3.05) is 13.7 Å². The van der Waals surface area contributed by atoms with Gasteiger partial charge < -0.3 is 9.64 Å². The van der Waals surface area contributed by atoms with E-state index in [1.54, 1.807) is 36.3 Å². The molecule has 1 aromatic heterocycles. The van der Waals surface area contributed by atoms with Crippen molar-refractivity contribution in [1.82, 2.24) is 15.1 Å². The third-order valence-corrected chi connectivity index (χ3v) is 5.37. The van der Waals surface area contributed by atoms with Crippen LogP contribution >= 0.6 is 0 Å². The van der Waals surface area contributed by atoms with Gasteiger partial charge in [0.2, 0.25) is 0 Å². The van der Waals surface area contributed by atoms with Crippen LogP contribution in [-0.2, 0) is 6.54 Å². The summed E-state index contributed by atoms with van der Waals surface area (Å²) in [5.41, 5.74) is 5.03. The van der Waals surface area contributed by atoms with Crippen LogP contribution in [0.2, 0.25) is 0 Å². The molecule has 0 aliphatic carbocycles. The van der Waals surface area contributed by atoms with Crippen molar-refractivity contribution < 1.29 is 13.9 Å². The van der Waals surface area contributed by atoms with Crippen molar-refractivity contribution in [1.29, 1.82) is 0 Å². The summed E-state index contributed by atoms with van der Waals surface area (Å²) in [6.07, 6.45) is 1.78. The Hall–Kier alpha value is -3.67. The Morgan fingerprint density at radius 1 is 1.16 bits per heavy atom. The molecule has 31 heavy (non-hydrogen) atoms. The van der Waals surface area contributed by atoms with Crippen molar-refractivity contribution in [2.45, 2.75) is 20.4 Å². The molecular formula is C25H24FN3O2. The van der Waals surface area contributed by atoms with Gasteiger partial charge in [0.05, 0.1) is 18.3 Å². The molecule has 0 atom stereocenters. The van der Waals surface area contributed by atoms with Crippen LogP contribution in [0, 0.1) is 12.7 Å². The second kappa shape index (κ2) is 8.60. The van der Waals surface area contributed by atoms with E-state index >= 15 is 0 Å². The number of benzene rings is 3. The van der Waals surface area contributed by atoms with Gasteiger partial charge in [0.1, 0.15) is 11.6 Å². The molecule has 1 amide bonds. The molecule has 1 N–H and O–H groups in total. The number of aryl methyl sites for hydroxylation is 1. The third kappa shape index (κ3) is 4.14. The number of nitrogens with zero attached hydrogens (tertiary/aromatic N) is 2. The number of H-pyrrole nitrogens is 1. The van der Waals surface area contributed by atoms with Crippen molar-refractivity contribution in [3.63, 3.8) is 0 Å². The lowest BCUT2D eigenvalue weighted by Gasteiger charge is -2.20. The average Bonchev–Trinajstić information content (AvgIpc) is 3.24. The zero-order chi connectivity index (χ0) is 22.0. The van der Waals surface area contributed by atoms with Gasteiger partial charge >= 0.3 is 0 Å². The maximum Gasteiger partial charge on any atom is 0.254 e. The lowest BCUT2D eigenvalue weighted by atomic mass is 10.0. The van der Waals surface area contributed by atoms with Crippen molar-refractivity contribution in [3.05, 3.63) is 83.3 Å². The molecule has 0 fully saturated rings. The van der Waals surface area contributed by atoms with Gasteiger partial charge in [0.15, 0.2) is 0 Å². The summed E-state index contributed by atoms with van der Waals surface area (Å²) in [5, 5.41) is 8.16. The Morgan fingerprint density at radius 3 is 2.77 bits per heavy atom. The number of fused-ring (bicyclic) bond motifs is 1. The summed E-state index contributed by atoms with van der Waals surface area (Å²) < 4.78 is 19.5. The number of carbonyl (C=O) groups excluding carboxylic acids is 1. The van der Waals surface area contributed by atoms with Crippen molar-refractivity contribution in [3.8, 4) is 16.9 Å². The lowest BCUT2D eigenvalue weighted by Crippen LogP contribution is -2.26. The van der Waals surface area contributed by atoms with E-state index in [0.717, 1.165) is 27.6 Å². The molecule has 0 spiro atoms. The highest BCUT2D eigenvalue weighted by Gasteiger charge is 2.18. The molecule has 0 aliphatic heterocycles. The quantitative estimate of drug-likeness (QED) is 0.460. The Labute approximate surface area is 180 Å². The molecule has 158 valence electrons. The number of halogens is 1. The molecule has 1 heterocycles. The van der Waals surface area contributed by atoms with Gasteiger partial charge in [0, 0.05) is 35.7 Å². The summed E-state index contributed by atoms with van der Waals surface area (Å²) >= 11 is 0. The Morgan fingerprint density at radius 2 is 2.00 bits per heavy atom. The predicted octanol–water partition coefficient (Wildman–Crippen LogP) is 5.35. The highest BCUT2D eigenvalue weighted by Crippen LogP contribution is 2.32.